The highest BCUT2D eigenvalue weighted by Crippen LogP contribution is 2.03. The maximum Gasteiger partial charge on any atom is 0.414 e. The molecule has 0 fully saturated rings. The molecule has 0 aliphatic rings. The highest BCUT2D eigenvalue weighted by Gasteiger charge is 2.14. The minimum absolute atomic E-state index is 0.0754. The number of hydrogen-bond donors (Lipinski definition) is 2. The van der Waals surface area contributed by atoms with Gasteiger partial charge in [-0.3, -0.25) is 20.3 Å². The van der Waals surface area contributed by atoms with E-state index in [1.54, 1.807) is 0 Å². The first-order valence-corrected chi connectivity index (χ1v) is 9.51. The van der Waals surface area contributed by atoms with Gasteiger partial charge in [-0.1, -0.05) is 43.7 Å². The van der Waals surface area contributed by atoms with Crippen molar-refractivity contribution < 1.29 is 28.6 Å². The van der Waals surface area contributed by atoms with Crippen molar-refractivity contribution in [3.05, 3.63) is 35.9 Å². The van der Waals surface area contributed by atoms with Crippen molar-refractivity contribution in [3.8, 4) is 0 Å². The van der Waals surface area contributed by atoms with Crippen LogP contribution in [0, 0.1) is 5.41 Å². The molecule has 2 N–H and O–H groups in total. The third-order valence-electron chi connectivity index (χ3n) is 3.77. The van der Waals surface area contributed by atoms with Crippen LogP contribution < -0.4 is 5.32 Å². The molecule has 9 nitrogen and oxygen atoms in total. The van der Waals surface area contributed by atoms with Crippen molar-refractivity contribution >= 4 is 24.0 Å². The minimum Gasteiger partial charge on any atom is -0.464 e. The number of guanidine groups is 1. The van der Waals surface area contributed by atoms with Gasteiger partial charge in [0.1, 0.15) is 19.8 Å². The summed E-state index contributed by atoms with van der Waals surface area (Å²) in [5.74, 6) is -1.17. The summed E-state index contributed by atoms with van der Waals surface area (Å²) in [6.07, 6.45) is 1.62. The van der Waals surface area contributed by atoms with E-state index < -0.39 is 12.1 Å². The average molecular weight is 407 g/mol. The van der Waals surface area contributed by atoms with E-state index in [1.807, 2.05) is 37.3 Å². The van der Waals surface area contributed by atoms with E-state index in [2.05, 4.69) is 5.32 Å². The van der Waals surface area contributed by atoms with Crippen LogP contribution >= 0.6 is 0 Å². The Labute approximate surface area is 170 Å². The molecule has 1 rings (SSSR count). The fourth-order valence-electron chi connectivity index (χ4n) is 2.13. The SMILES string of the molecule is CCCCOC(=O)CN(C)C(=N)NC(=O)OCCOC(=O)CCc1ccccc1. The highest BCUT2D eigenvalue weighted by molar-refractivity contribution is 5.93. The summed E-state index contributed by atoms with van der Waals surface area (Å²) in [4.78, 5) is 36.1. The lowest BCUT2D eigenvalue weighted by Gasteiger charge is -2.19. The van der Waals surface area contributed by atoms with E-state index in [1.165, 1.54) is 11.9 Å². The maximum absolute atomic E-state index is 11.7. The molecule has 1 amide bonds. The van der Waals surface area contributed by atoms with Gasteiger partial charge in [0.05, 0.1) is 6.61 Å². The van der Waals surface area contributed by atoms with E-state index in [9.17, 15) is 14.4 Å². The van der Waals surface area contributed by atoms with Crippen LogP contribution in [0.15, 0.2) is 30.3 Å². The molecule has 0 radical (unpaired) electrons. The molecule has 0 saturated heterocycles. The summed E-state index contributed by atoms with van der Waals surface area (Å²) in [5, 5.41) is 9.92. The largest absolute Gasteiger partial charge is 0.464 e. The number of amides is 1. The minimum atomic E-state index is -0.874. The third kappa shape index (κ3) is 11.4. The summed E-state index contributed by atoms with van der Waals surface area (Å²) in [6, 6.07) is 9.56. The predicted octanol–water partition coefficient (Wildman–Crippen LogP) is 2.10. The summed E-state index contributed by atoms with van der Waals surface area (Å²) in [6.45, 7) is 1.93. The first kappa shape index (κ1) is 23.9. The van der Waals surface area contributed by atoms with Crippen molar-refractivity contribution in [3.63, 3.8) is 0 Å². The number of carbonyl (C=O) groups is 3. The lowest BCUT2D eigenvalue weighted by atomic mass is 10.1. The number of hydrogen-bond acceptors (Lipinski definition) is 7. The first-order chi connectivity index (χ1) is 13.9. The van der Waals surface area contributed by atoms with E-state index in [0.29, 0.717) is 13.0 Å². The van der Waals surface area contributed by atoms with Gasteiger partial charge in [-0.05, 0) is 18.4 Å². The van der Waals surface area contributed by atoms with Crippen molar-refractivity contribution in [1.29, 1.82) is 5.41 Å². The molecule has 1 aromatic rings. The smallest absolute Gasteiger partial charge is 0.414 e. The number of carbonyl (C=O) groups excluding carboxylic acids is 3. The maximum atomic E-state index is 11.7. The normalized spacial score (nSPS) is 10.0. The highest BCUT2D eigenvalue weighted by atomic mass is 16.6. The zero-order valence-electron chi connectivity index (χ0n) is 16.9. The van der Waals surface area contributed by atoms with E-state index in [0.717, 1.165) is 18.4 Å². The number of aryl methyl sites for hydroxylation is 1. The molecule has 0 heterocycles. The van der Waals surface area contributed by atoms with Gasteiger partial charge in [-0.25, -0.2) is 4.79 Å². The van der Waals surface area contributed by atoms with Crippen LogP contribution in [-0.2, 0) is 30.2 Å². The molecule has 9 heteroatoms. The summed E-state index contributed by atoms with van der Waals surface area (Å²) in [7, 11) is 1.47. The molecule has 160 valence electrons. The van der Waals surface area contributed by atoms with Crippen molar-refractivity contribution in [2.45, 2.75) is 32.6 Å². The Bertz CT molecular complexity index is 665. The lowest BCUT2D eigenvalue weighted by Crippen LogP contribution is -2.44. The second-order valence-electron chi connectivity index (χ2n) is 6.25. The molecule has 0 saturated carbocycles. The zero-order valence-corrected chi connectivity index (χ0v) is 16.9. The summed E-state index contributed by atoms with van der Waals surface area (Å²) >= 11 is 0. The number of alkyl carbamates (subject to hydrolysis) is 1. The Morgan fingerprint density at radius 1 is 1.00 bits per heavy atom. The Hall–Kier alpha value is -3.10. The van der Waals surface area contributed by atoms with Crippen molar-refractivity contribution in [2.24, 2.45) is 0 Å². The van der Waals surface area contributed by atoms with Gasteiger partial charge in [-0.15, -0.1) is 0 Å². The number of rotatable bonds is 11. The quantitative estimate of drug-likeness (QED) is 0.190. The fraction of sp³-hybridized carbons (Fsp3) is 0.500. The van der Waals surface area contributed by atoms with Gasteiger partial charge in [0.25, 0.3) is 0 Å². The second kappa shape index (κ2) is 14.0. The first-order valence-electron chi connectivity index (χ1n) is 9.51. The Morgan fingerprint density at radius 2 is 1.66 bits per heavy atom. The van der Waals surface area contributed by atoms with Crippen LogP contribution in [0.2, 0.25) is 0 Å². The summed E-state index contributed by atoms with van der Waals surface area (Å²) in [5.41, 5.74) is 1.04. The number of nitrogens with one attached hydrogen (secondary N) is 2. The number of esters is 2. The number of likely N-dealkylation sites (N-methyl/N-ethyl adjacent to an activating group) is 1. The molecule has 29 heavy (non-hydrogen) atoms. The van der Waals surface area contributed by atoms with Crippen LogP contribution in [0.1, 0.15) is 31.7 Å². The monoisotopic (exact) mass is 407 g/mol. The molecule has 0 aromatic heterocycles. The molecule has 0 bridgehead atoms. The third-order valence-corrected chi connectivity index (χ3v) is 3.77. The van der Waals surface area contributed by atoms with Crippen LogP contribution in [-0.4, -0.2) is 62.3 Å². The van der Waals surface area contributed by atoms with Crippen LogP contribution in [0.4, 0.5) is 4.79 Å². The van der Waals surface area contributed by atoms with Crippen LogP contribution in [0.5, 0.6) is 0 Å². The van der Waals surface area contributed by atoms with Gasteiger partial charge in [0.2, 0.25) is 5.96 Å². The van der Waals surface area contributed by atoms with E-state index in [4.69, 9.17) is 19.6 Å². The lowest BCUT2D eigenvalue weighted by molar-refractivity contribution is -0.145. The van der Waals surface area contributed by atoms with Gasteiger partial charge in [-0.2, -0.15) is 0 Å². The Morgan fingerprint density at radius 3 is 2.34 bits per heavy atom. The van der Waals surface area contributed by atoms with Crippen molar-refractivity contribution in [2.75, 3.05) is 33.4 Å². The van der Waals surface area contributed by atoms with Crippen molar-refractivity contribution in [1.82, 2.24) is 10.2 Å². The molecular weight excluding hydrogens is 378 g/mol. The van der Waals surface area contributed by atoms with Crippen LogP contribution in [0.25, 0.3) is 0 Å². The van der Waals surface area contributed by atoms with Gasteiger partial charge in [0.15, 0.2) is 0 Å². The fourth-order valence-corrected chi connectivity index (χ4v) is 2.13. The standard InChI is InChI=1S/C20H29N3O6/c1-3-4-12-27-18(25)15-23(2)19(21)22-20(26)29-14-13-28-17(24)11-10-16-8-6-5-7-9-16/h5-9H,3-4,10-15H2,1-2H3,(H2,21,22,26). The van der Waals surface area contributed by atoms with Gasteiger partial charge >= 0.3 is 18.0 Å². The van der Waals surface area contributed by atoms with E-state index in [-0.39, 0.29) is 38.1 Å². The Balaban J connectivity index is 2.13. The number of ether oxygens (including phenoxy) is 3. The van der Waals surface area contributed by atoms with Gasteiger partial charge in [0, 0.05) is 13.5 Å². The molecular formula is C20H29N3O6. The average Bonchev–Trinajstić information content (AvgIpc) is 2.70. The molecule has 0 aliphatic carbocycles. The Kier molecular flexibility index (Phi) is 11.5. The molecule has 1 aromatic carbocycles. The zero-order chi connectivity index (χ0) is 21.5. The number of benzene rings is 1. The molecule has 0 spiro atoms. The number of unbranched alkanes of at least 4 members (excludes halogenated alkanes) is 1. The van der Waals surface area contributed by atoms with E-state index >= 15 is 0 Å². The van der Waals surface area contributed by atoms with Crippen LogP contribution in [0.3, 0.4) is 0 Å². The molecule has 0 aliphatic heterocycles. The summed E-state index contributed by atoms with van der Waals surface area (Å²) < 4.78 is 14.8. The predicted molar refractivity (Wildman–Crippen MR) is 106 cm³/mol. The topological polar surface area (TPSA) is 118 Å². The number of nitrogens with zero attached hydrogens (tertiary/aromatic N) is 1. The molecule has 0 unspecified atom stereocenters. The second-order valence-corrected chi connectivity index (χ2v) is 6.25. The van der Waals surface area contributed by atoms with Gasteiger partial charge < -0.3 is 19.1 Å². The molecule has 0 atom stereocenters.